The minimum absolute atomic E-state index is 0. The van der Waals surface area contributed by atoms with E-state index in [0.29, 0.717) is 17.9 Å². The lowest BCUT2D eigenvalue weighted by atomic mass is 9.76. The molecule has 0 atom stereocenters. The van der Waals surface area contributed by atoms with Crippen LogP contribution in [0.15, 0.2) is 48.8 Å². The Balaban J connectivity index is 0.00000181. The van der Waals surface area contributed by atoms with Gasteiger partial charge in [0.15, 0.2) is 5.82 Å². The first-order valence-corrected chi connectivity index (χ1v) is 10.6. The number of anilines is 1. The molecule has 1 aromatic carbocycles. The van der Waals surface area contributed by atoms with Gasteiger partial charge in [-0.2, -0.15) is 5.10 Å². The first kappa shape index (κ1) is 20.1. The topological polar surface area (TPSA) is 95.6 Å². The molecule has 1 saturated carbocycles. The number of benzene rings is 1. The summed E-state index contributed by atoms with van der Waals surface area (Å²) in [4.78, 5) is 21.2. The van der Waals surface area contributed by atoms with Crippen LogP contribution >= 0.6 is 0 Å². The molecule has 1 amide bonds. The van der Waals surface area contributed by atoms with Crippen molar-refractivity contribution in [2.24, 2.45) is 5.41 Å². The van der Waals surface area contributed by atoms with Gasteiger partial charge < -0.3 is 10.6 Å². The summed E-state index contributed by atoms with van der Waals surface area (Å²) in [6.07, 6.45) is 9.64. The van der Waals surface area contributed by atoms with E-state index in [1.54, 1.807) is 12.4 Å². The third-order valence-corrected chi connectivity index (χ3v) is 5.79. The molecule has 0 aliphatic heterocycles. The first-order valence-electron chi connectivity index (χ1n) is 10.6. The molecular formula is C23H34N6O. The van der Waals surface area contributed by atoms with Crippen molar-refractivity contribution < 1.29 is 9.07 Å². The Hall–Kier alpha value is -3.22. The number of carbonyl (C=O) groups is 1. The number of nitrogens with zero attached hydrogens (tertiary/aromatic N) is 3. The third kappa shape index (κ3) is 5.03. The highest BCUT2D eigenvalue weighted by atomic mass is 16.1. The summed E-state index contributed by atoms with van der Waals surface area (Å²) >= 11 is 0. The summed E-state index contributed by atoms with van der Waals surface area (Å²) in [6.45, 7) is 3.50. The normalized spacial score (nSPS) is 15.5. The Morgan fingerprint density at radius 2 is 1.97 bits per heavy atom. The molecule has 3 aromatic rings. The van der Waals surface area contributed by atoms with Gasteiger partial charge in [0.1, 0.15) is 5.82 Å². The molecule has 0 radical (unpaired) electrons. The summed E-state index contributed by atoms with van der Waals surface area (Å²) in [5.74, 6) is 1.34. The van der Waals surface area contributed by atoms with Gasteiger partial charge in [-0.1, -0.05) is 32.3 Å². The van der Waals surface area contributed by atoms with Gasteiger partial charge in [0.25, 0.3) is 5.91 Å². The molecule has 2 aromatic heterocycles. The molecular weight excluding hydrogens is 376 g/mol. The van der Waals surface area contributed by atoms with E-state index in [-0.39, 0.29) is 15.6 Å². The predicted molar refractivity (Wildman–Crippen MR) is 123 cm³/mol. The molecule has 30 heavy (non-hydrogen) atoms. The number of hydrogen-bond donors (Lipinski definition) is 3. The number of amides is 1. The molecule has 1 aliphatic rings. The number of hydrogen-bond acceptors (Lipinski definition) is 5. The molecule has 0 bridgehead atoms. The summed E-state index contributed by atoms with van der Waals surface area (Å²) in [5, 5.41) is 13.6. The number of H-pyrrole nitrogens is 1. The standard InChI is InChI=1S/C23H28N6O.3H2/c1-23(10-3-2-4-11-23)16-26-22(30)18-6-5-7-19(14-18)25-15-20-27-21(29-28-20)17-8-12-24-13-9-17;;;/h5-9,12-14,25H,2-4,10-11,15-16H2,1H3,(H,26,30)(H,27,28,29);3*1H. The second kappa shape index (κ2) is 9.07. The number of pyridine rings is 1. The zero-order valence-corrected chi connectivity index (χ0v) is 17.3. The SMILES string of the molecule is CC1(CNC(=O)c2cccc(NCc3nc(-c4ccncc4)n[nH]3)c2)CCCCC1.[HH].[HH].[HH]. The molecule has 1 fully saturated rings. The molecule has 7 heteroatoms. The molecule has 0 spiro atoms. The van der Waals surface area contributed by atoms with Crippen LogP contribution in [0.25, 0.3) is 11.4 Å². The number of carbonyl (C=O) groups excluding carboxylic acids is 1. The van der Waals surface area contributed by atoms with Crippen LogP contribution in [0.2, 0.25) is 0 Å². The Kier molecular flexibility index (Phi) is 6.07. The predicted octanol–water partition coefficient (Wildman–Crippen LogP) is 4.92. The number of aromatic amines is 1. The average Bonchev–Trinajstić information content (AvgIpc) is 3.27. The quantitative estimate of drug-likeness (QED) is 0.514. The van der Waals surface area contributed by atoms with Crippen molar-refractivity contribution in [3.05, 3.63) is 60.2 Å². The maximum Gasteiger partial charge on any atom is 0.251 e. The second-order valence-corrected chi connectivity index (χ2v) is 8.33. The van der Waals surface area contributed by atoms with Gasteiger partial charge in [0, 0.05) is 40.0 Å². The van der Waals surface area contributed by atoms with Gasteiger partial charge in [-0.25, -0.2) is 4.98 Å². The van der Waals surface area contributed by atoms with E-state index in [4.69, 9.17) is 0 Å². The average molecular weight is 411 g/mol. The Morgan fingerprint density at radius 1 is 1.17 bits per heavy atom. The van der Waals surface area contributed by atoms with E-state index < -0.39 is 0 Å². The van der Waals surface area contributed by atoms with Crippen molar-refractivity contribution in [1.82, 2.24) is 25.5 Å². The van der Waals surface area contributed by atoms with Gasteiger partial charge >= 0.3 is 0 Å². The highest BCUT2D eigenvalue weighted by molar-refractivity contribution is 5.95. The van der Waals surface area contributed by atoms with E-state index >= 15 is 0 Å². The molecule has 4 rings (SSSR count). The van der Waals surface area contributed by atoms with E-state index in [2.05, 4.69) is 37.7 Å². The van der Waals surface area contributed by atoms with Crippen molar-refractivity contribution in [3.63, 3.8) is 0 Å². The minimum Gasteiger partial charge on any atom is -0.378 e. The van der Waals surface area contributed by atoms with Crippen LogP contribution in [0.3, 0.4) is 0 Å². The van der Waals surface area contributed by atoms with Gasteiger partial charge in [-0.3, -0.25) is 14.9 Å². The fraction of sp³-hybridized carbons (Fsp3) is 0.391. The maximum atomic E-state index is 12.6. The molecule has 3 N–H and O–H groups in total. The minimum atomic E-state index is -0.0231. The van der Waals surface area contributed by atoms with Crippen LogP contribution in [-0.2, 0) is 6.54 Å². The van der Waals surface area contributed by atoms with Crippen molar-refractivity contribution in [2.75, 3.05) is 11.9 Å². The van der Waals surface area contributed by atoms with Crippen LogP contribution in [0.4, 0.5) is 5.69 Å². The zero-order valence-electron chi connectivity index (χ0n) is 17.3. The van der Waals surface area contributed by atoms with Crippen LogP contribution in [0.1, 0.15) is 59.5 Å². The Labute approximate surface area is 181 Å². The molecule has 7 nitrogen and oxygen atoms in total. The summed E-state index contributed by atoms with van der Waals surface area (Å²) in [6, 6.07) is 11.3. The van der Waals surface area contributed by atoms with E-state index in [9.17, 15) is 4.79 Å². The molecule has 1 aliphatic carbocycles. The Bertz CT molecular complexity index is 993. The fourth-order valence-electron chi connectivity index (χ4n) is 3.94. The van der Waals surface area contributed by atoms with Crippen molar-refractivity contribution in [1.29, 1.82) is 0 Å². The van der Waals surface area contributed by atoms with Gasteiger partial charge in [0.05, 0.1) is 6.54 Å². The maximum absolute atomic E-state index is 12.6. The van der Waals surface area contributed by atoms with Gasteiger partial charge in [-0.15, -0.1) is 0 Å². The summed E-state index contributed by atoms with van der Waals surface area (Å²) in [7, 11) is 0. The Morgan fingerprint density at radius 3 is 2.77 bits per heavy atom. The lowest BCUT2D eigenvalue weighted by Crippen LogP contribution is -2.37. The van der Waals surface area contributed by atoms with Gasteiger partial charge in [-0.05, 0) is 48.6 Å². The molecule has 162 valence electrons. The summed E-state index contributed by atoms with van der Waals surface area (Å²) in [5.41, 5.74) is 2.67. The monoisotopic (exact) mass is 410 g/mol. The number of rotatable bonds is 7. The highest BCUT2D eigenvalue weighted by Gasteiger charge is 2.27. The molecule has 0 unspecified atom stereocenters. The molecule has 0 saturated heterocycles. The van der Waals surface area contributed by atoms with Crippen LogP contribution < -0.4 is 10.6 Å². The summed E-state index contributed by atoms with van der Waals surface area (Å²) < 4.78 is 0. The van der Waals surface area contributed by atoms with Crippen LogP contribution in [0.5, 0.6) is 0 Å². The van der Waals surface area contributed by atoms with E-state index in [0.717, 1.165) is 23.6 Å². The largest absolute Gasteiger partial charge is 0.378 e. The second-order valence-electron chi connectivity index (χ2n) is 8.33. The third-order valence-electron chi connectivity index (χ3n) is 5.79. The van der Waals surface area contributed by atoms with Crippen molar-refractivity contribution in [3.8, 4) is 11.4 Å². The zero-order chi connectivity index (χ0) is 20.8. The van der Waals surface area contributed by atoms with Crippen LogP contribution in [0, 0.1) is 5.41 Å². The van der Waals surface area contributed by atoms with E-state index in [1.807, 2.05) is 36.4 Å². The van der Waals surface area contributed by atoms with E-state index in [1.165, 1.54) is 32.1 Å². The van der Waals surface area contributed by atoms with Gasteiger partial charge in [0.2, 0.25) is 0 Å². The smallest absolute Gasteiger partial charge is 0.251 e. The lowest BCUT2D eigenvalue weighted by Gasteiger charge is -2.33. The van der Waals surface area contributed by atoms with Crippen LogP contribution in [-0.4, -0.2) is 32.6 Å². The number of nitrogens with one attached hydrogen (secondary N) is 3. The first-order chi connectivity index (χ1) is 14.6. The van der Waals surface area contributed by atoms with Crippen molar-refractivity contribution in [2.45, 2.75) is 45.6 Å². The highest BCUT2D eigenvalue weighted by Crippen LogP contribution is 2.35. The molecule has 2 heterocycles. The number of aromatic nitrogens is 4. The van der Waals surface area contributed by atoms with Crippen molar-refractivity contribution >= 4 is 11.6 Å². The fourth-order valence-corrected chi connectivity index (χ4v) is 3.94. The lowest BCUT2D eigenvalue weighted by molar-refractivity contribution is 0.0919.